The summed E-state index contributed by atoms with van der Waals surface area (Å²) in [7, 11) is -4.45. The van der Waals surface area contributed by atoms with Crippen LogP contribution in [0.1, 0.15) is 23.6 Å². The second kappa shape index (κ2) is 8.75. The number of hydrogen-bond donors (Lipinski definition) is 2. The minimum absolute atomic E-state index is 0.0115. The van der Waals surface area contributed by atoms with Gasteiger partial charge >= 0.3 is 0 Å². The quantitative estimate of drug-likeness (QED) is 0.671. The van der Waals surface area contributed by atoms with Crippen molar-refractivity contribution in [2.75, 3.05) is 19.8 Å². The smallest absolute Gasteiger partial charge is 0.295 e. The van der Waals surface area contributed by atoms with E-state index in [9.17, 15) is 17.4 Å². The van der Waals surface area contributed by atoms with E-state index in [0.29, 0.717) is 23.0 Å². The van der Waals surface area contributed by atoms with Crippen LogP contribution >= 0.6 is 0 Å². The number of ether oxygens (including phenoxy) is 1. The number of rotatable bonds is 8. The lowest BCUT2D eigenvalue weighted by Crippen LogP contribution is -2.32. The highest BCUT2D eigenvalue weighted by Crippen LogP contribution is 2.37. The molecule has 0 aromatic heterocycles. The lowest BCUT2D eigenvalue weighted by Gasteiger charge is -2.32. The van der Waals surface area contributed by atoms with Crippen molar-refractivity contribution in [3.63, 3.8) is 0 Å². The third kappa shape index (κ3) is 4.81. The maximum atomic E-state index is 12.8. The second-order valence-electron chi connectivity index (χ2n) is 6.59. The molecule has 0 spiro atoms. The van der Waals surface area contributed by atoms with Gasteiger partial charge in [0.1, 0.15) is 4.90 Å². The first-order valence-electron chi connectivity index (χ1n) is 8.43. The molecule has 5 nitrogen and oxygen atoms in total. The van der Waals surface area contributed by atoms with Crippen LogP contribution < -0.4 is 5.73 Å². The number of hydrogen-bond acceptors (Lipinski definition) is 4. The van der Waals surface area contributed by atoms with Crippen LogP contribution in [0, 0.1) is 6.92 Å². The SMILES string of the molecule is Cc1cccc(C(C)(COCC(=CF)CN)c2ccccc2)c1S(=O)(=O)O. The first kappa shape index (κ1) is 21.2. The molecule has 0 fully saturated rings. The highest BCUT2D eigenvalue weighted by molar-refractivity contribution is 7.86. The Morgan fingerprint density at radius 3 is 2.44 bits per heavy atom. The molecule has 2 rings (SSSR count). The summed E-state index contributed by atoms with van der Waals surface area (Å²) in [4.78, 5) is -0.139. The van der Waals surface area contributed by atoms with Crippen LogP contribution in [0.5, 0.6) is 0 Å². The average Bonchev–Trinajstić information content (AvgIpc) is 2.64. The van der Waals surface area contributed by atoms with Gasteiger partial charge in [-0.3, -0.25) is 4.55 Å². The highest BCUT2D eigenvalue weighted by Gasteiger charge is 2.35. The Hall–Kier alpha value is -2.06. The summed E-state index contributed by atoms with van der Waals surface area (Å²) in [6.07, 6.45) is 0.413. The standard InChI is InChI=1S/C20H24FNO4S/c1-15-7-6-10-18(19(15)27(23,24)25)20(2,17-8-4-3-5-9-17)14-26-13-16(11-21)12-22/h3-11H,12-14,22H2,1-2H3,(H,23,24,25). The molecule has 0 saturated carbocycles. The molecule has 0 aliphatic heterocycles. The molecule has 1 unspecified atom stereocenters. The molecular formula is C20H24FNO4S. The van der Waals surface area contributed by atoms with Gasteiger partial charge < -0.3 is 10.5 Å². The molecule has 1 atom stereocenters. The maximum absolute atomic E-state index is 12.8. The zero-order valence-electron chi connectivity index (χ0n) is 15.4. The minimum atomic E-state index is -4.45. The summed E-state index contributed by atoms with van der Waals surface area (Å²) in [6, 6.07) is 14.2. The number of nitrogens with two attached hydrogens (primary N) is 1. The van der Waals surface area contributed by atoms with Crippen molar-refractivity contribution in [3.8, 4) is 0 Å². The molecule has 0 radical (unpaired) electrons. The molecule has 2 aromatic carbocycles. The second-order valence-corrected chi connectivity index (χ2v) is 7.95. The highest BCUT2D eigenvalue weighted by atomic mass is 32.2. The van der Waals surface area contributed by atoms with Gasteiger partial charge in [0.25, 0.3) is 10.1 Å². The van der Waals surface area contributed by atoms with Crippen molar-refractivity contribution in [2.24, 2.45) is 5.73 Å². The fraction of sp³-hybridized carbons (Fsp3) is 0.300. The molecule has 27 heavy (non-hydrogen) atoms. The molecule has 0 heterocycles. The molecule has 2 aromatic rings. The monoisotopic (exact) mass is 393 g/mol. The van der Waals surface area contributed by atoms with E-state index in [-0.39, 0.29) is 24.7 Å². The van der Waals surface area contributed by atoms with E-state index in [1.165, 1.54) is 0 Å². The van der Waals surface area contributed by atoms with Crippen LogP contribution in [0.4, 0.5) is 4.39 Å². The third-order valence-electron chi connectivity index (χ3n) is 4.57. The molecule has 3 N–H and O–H groups in total. The molecule has 0 amide bonds. The van der Waals surface area contributed by atoms with E-state index in [1.54, 1.807) is 25.1 Å². The Bertz CT molecular complexity index is 913. The summed E-state index contributed by atoms with van der Waals surface area (Å²) in [5, 5.41) is 0. The first-order chi connectivity index (χ1) is 12.7. The van der Waals surface area contributed by atoms with Crippen LogP contribution in [0.3, 0.4) is 0 Å². The molecule has 0 aliphatic carbocycles. The summed E-state index contributed by atoms with van der Waals surface area (Å²) in [5.41, 5.74) is 6.51. The Kier molecular flexibility index (Phi) is 6.89. The van der Waals surface area contributed by atoms with E-state index < -0.39 is 15.5 Å². The van der Waals surface area contributed by atoms with Gasteiger partial charge in [0.2, 0.25) is 0 Å². The van der Waals surface area contributed by atoms with Gasteiger partial charge in [-0.05, 0) is 36.1 Å². The van der Waals surface area contributed by atoms with Crippen molar-refractivity contribution in [1.29, 1.82) is 0 Å². The Morgan fingerprint density at radius 2 is 1.89 bits per heavy atom. The van der Waals surface area contributed by atoms with E-state index in [2.05, 4.69) is 0 Å². The average molecular weight is 393 g/mol. The van der Waals surface area contributed by atoms with Crippen molar-refractivity contribution in [2.45, 2.75) is 24.2 Å². The molecule has 146 valence electrons. The number of aryl methyl sites for hydroxylation is 1. The van der Waals surface area contributed by atoms with Crippen molar-refractivity contribution < 1.29 is 22.1 Å². The summed E-state index contributed by atoms with van der Waals surface area (Å²) >= 11 is 0. The fourth-order valence-electron chi connectivity index (χ4n) is 3.07. The molecule has 0 aliphatic rings. The normalized spacial score (nSPS) is 14.8. The summed E-state index contributed by atoms with van der Waals surface area (Å²) < 4.78 is 52.4. The predicted octanol–water partition coefficient (Wildman–Crippen LogP) is 3.38. The fourth-order valence-corrected chi connectivity index (χ4v) is 4.12. The third-order valence-corrected chi connectivity index (χ3v) is 5.63. The van der Waals surface area contributed by atoms with Crippen LogP contribution in [0.2, 0.25) is 0 Å². The maximum Gasteiger partial charge on any atom is 0.295 e. The van der Waals surface area contributed by atoms with Crippen molar-refractivity contribution in [1.82, 2.24) is 0 Å². The van der Waals surface area contributed by atoms with Crippen LogP contribution in [0.15, 0.2) is 65.3 Å². The van der Waals surface area contributed by atoms with Gasteiger partial charge in [0, 0.05) is 12.0 Å². The largest absolute Gasteiger partial charge is 0.376 e. The van der Waals surface area contributed by atoms with Gasteiger partial charge in [-0.2, -0.15) is 8.42 Å². The molecule has 7 heteroatoms. The van der Waals surface area contributed by atoms with Crippen molar-refractivity contribution in [3.05, 3.63) is 77.1 Å². The Balaban J connectivity index is 2.57. The predicted molar refractivity (Wildman–Crippen MR) is 103 cm³/mol. The van der Waals surface area contributed by atoms with E-state index >= 15 is 0 Å². The summed E-state index contributed by atoms with van der Waals surface area (Å²) in [5.74, 6) is 0. The minimum Gasteiger partial charge on any atom is -0.376 e. The van der Waals surface area contributed by atoms with E-state index in [1.807, 2.05) is 37.3 Å². The van der Waals surface area contributed by atoms with Crippen LogP contribution in [-0.2, 0) is 20.3 Å². The molecule has 0 bridgehead atoms. The zero-order chi connectivity index (χ0) is 20.1. The number of halogens is 1. The summed E-state index contributed by atoms with van der Waals surface area (Å²) in [6.45, 7) is 3.53. The van der Waals surface area contributed by atoms with Gasteiger partial charge in [0.15, 0.2) is 0 Å². The lowest BCUT2D eigenvalue weighted by atomic mass is 9.76. The van der Waals surface area contributed by atoms with Gasteiger partial charge in [-0.1, -0.05) is 48.5 Å². The van der Waals surface area contributed by atoms with E-state index in [4.69, 9.17) is 10.5 Å². The molecule has 0 saturated heterocycles. The van der Waals surface area contributed by atoms with Gasteiger partial charge in [0.05, 0.1) is 19.5 Å². The lowest BCUT2D eigenvalue weighted by molar-refractivity contribution is 0.117. The van der Waals surface area contributed by atoms with E-state index in [0.717, 1.165) is 5.56 Å². The van der Waals surface area contributed by atoms with Crippen LogP contribution in [0.25, 0.3) is 0 Å². The topological polar surface area (TPSA) is 89.6 Å². The van der Waals surface area contributed by atoms with Crippen molar-refractivity contribution >= 4 is 10.1 Å². The zero-order valence-corrected chi connectivity index (χ0v) is 16.2. The van der Waals surface area contributed by atoms with Gasteiger partial charge in [-0.25, -0.2) is 4.39 Å². The Labute approximate surface area is 159 Å². The number of benzene rings is 2. The van der Waals surface area contributed by atoms with Crippen LogP contribution in [-0.4, -0.2) is 32.7 Å². The Morgan fingerprint density at radius 1 is 1.22 bits per heavy atom. The van der Waals surface area contributed by atoms with Gasteiger partial charge in [-0.15, -0.1) is 0 Å². The first-order valence-corrected chi connectivity index (χ1v) is 9.87. The molecular weight excluding hydrogens is 369 g/mol.